The molecule has 4 heterocycles. The van der Waals surface area contributed by atoms with Gasteiger partial charge < -0.3 is 19.9 Å². The monoisotopic (exact) mass is 526 g/mol. The minimum atomic E-state index is -2.88. The summed E-state index contributed by atoms with van der Waals surface area (Å²) in [5, 5.41) is 3.47. The normalized spacial score (nSPS) is 32.4. The van der Waals surface area contributed by atoms with Crippen molar-refractivity contribution in [2.75, 3.05) is 50.8 Å². The van der Waals surface area contributed by atoms with Gasteiger partial charge in [-0.05, 0) is 31.6 Å². The van der Waals surface area contributed by atoms with Crippen molar-refractivity contribution in [3.05, 3.63) is 0 Å². The number of nitrogens with one attached hydrogen (secondary N) is 1. The molecule has 1 amide bonds. The topological polar surface area (TPSA) is 91.3 Å². The molecule has 10 heteroatoms. The maximum absolute atomic E-state index is 11.9. The molecule has 4 fully saturated rings. The van der Waals surface area contributed by atoms with Crippen LogP contribution >= 0.6 is 24.0 Å². The molecule has 0 bridgehead atoms. The standard InChI is InChI=1S/C18H30N4O4S.HI/c23-17-4-3-15-12-21(6-7-22(15)17)18(20-11-16-2-1-8-26-16)19-10-14-5-9-27(24,25)13-14;/h14-16H,1-13H2,(H,19,20);1H. The lowest BCUT2D eigenvalue weighted by Crippen LogP contribution is -2.56. The third-order valence-electron chi connectivity index (χ3n) is 6.13. The van der Waals surface area contributed by atoms with E-state index < -0.39 is 9.84 Å². The first-order valence-corrected chi connectivity index (χ1v) is 12.0. The summed E-state index contributed by atoms with van der Waals surface area (Å²) >= 11 is 0. The number of piperazine rings is 1. The van der Waals surface area contributed by atoms with Gasteiger partial charge >= 0.3 is 0 Å². The van der Waals surface area contributed by atoms with Crippen LogP contribution in [0, 0.1) is 5.92 Å². The summed E-state index contributed by atoms with van der Waals surface area (Å²) < 4.78 is 29.1. The highest BCUT2D eigenvalue weighted by Crippen LogP contribution is 2.23. The van der Waals surface area contributed by atoms with Crippen molar-refractivity contribution in [2.45, 2.75) is 44.2 Å². The molecule has 3 atom stereocenters. The van der Waals surface area contributed by atoms with Crippen molar-refractivity contribution < 1.29 is 17.9 Å². The first kappa shape index (κ1) is 22.1. The summed E-state index contributed by atoms with van der Waals surface area (Å²) in [5.41, 5.74) is 0. The van der Waals surface area contributed by atoms with Gasteiger partial charge in [-0.2, -0.15) is 0 Å². The molecule has 28 heavy (non-hydrogen) atoms. The average molecular weight is 526 g/mol. The van der Waals surface area contributed by atoms with Crippen LogP contribution in [0.4, 0.5) is 0 Å². The Hall–Kier alpha value is -0.620. The molecular weight excluding hydrogens is 495 g/mol. The lowest BCUT2D eigenvalue weighted by molar-refractivity contribution is -0.130. The van der Waals surface area contributed by atoms with Crippen LogP contribution in [0.25, 0.3) is 0 Å². The van der Waals surface area contributed by atoms with E-state index in [-0.39, 0.29) is 59.5 Å². The number of halogens is 1. The molecule has 0 aromatic heterocycles. The summed E-state index contributed by atoms with van der Waals surface area (Å²) in [4.78, 5) is 21.0. The molecule has 1 N–H and O–H groups in total. The number of fused-ring (bicyclic) bond motifs is 1. The van der Waals surface area contributed by atoms with Crippen molar-refractivity contribution in [2.24, 2.45) is 10.9 Å². The predicted octanol–water partition coefficient (Wildman–Crippen LogP) is 0.470. The van der Waals surface area contributed by atoms with Crippen molar-refractivity contribution in [1.29, 1.82) is 0 Å². The average Bonchev–Trinajstić information content (AvgIpc) is 3.36. The van der Waals surface area contributed by atoms with E-state index in [1.165, 1.54) is 0 Å². The van der Waals surface area contributed by atoms with Gasteiger partial charge in [0.1, 0.15) is 0 Å². The van der Waals surface area contributed by atoms with Crippen LogP contribution in [-0.4, -0.2) is 93.1 Å². The summed E-state index contributed by atoms with van der Waals surface area (Å²) in [6.45, 7) is 4.39. The maximum Gasteiger partial charge on any atom is 0.223 e. The SMILES string of the molecule is I.O=C1CCC2CN(C(=NCC3CCS(=O)(=O)C3)NCC3CCCO3)CCN12. The number of aliphatic imine (C=N–C) groups is 1. The lowest BCUT2D eigenvalue weighted by Gasteiger charge is -2.39. The van der Waals surface area contributed by atoms with Gasteiger partial charge in [0.25, 0.3) is 0 Å². The Morgan fingerprint density at radius 2 is 2.11 bits per heavy atom. The Balaban J connectivity index is 0.00000225. The minimum absolute atomic E-state index is 0. The van der Waals surface area contributed by atoms with Crippen LogP contribution < -0.4 is 5.32 Å². The van der Waals surface area contributed by atoms with Crippen LogP contribution in [0.1, 0.15) is 32.1 Å². The maximum atomic E-state index is 11.9. The van der Waals surface area contributed by atoms with Gasteiger partial charge in [-0.1, -0.05) is 0 Å². The van der Waals surface area contributed by atoms with Crippen molar-refractivity contribution in [3.8, 4) is 0 Å². The smallest absolute Gasteiger partial charge is 0.223 e. The second-order valence-corrected chi connectivity index (χ2v) is 10.4. The van der Waals surface area contributed by atoms with Gasteiger partial charge in [-0.25, -0.2) is 8.42 Å². The van der Waals surface area contributed by atoms with E-state index in [1.807, 2.05) is 4.90 Å². The molecular formula is C18H31IN4O4S. The van der Waals surface area contributed by atoms with Crippen LogP contribution in [0.2, 0.25) is 0 Å². The number of amides is 1. The second-order valence-electron chi connectivity index (χ2n) is 8.17. The number of hydrogen-bond acceptors (Lipinski definition) is 5. The fourth-order valence-corrected chi connectivity index (χ4v) is 6.42. The number of nitrogens with zero attached hydrogens (tertiary/aromatic N) is 3. The number of rotatable bonds is 4. The Morgan fingerprint density at radius 1 is 1.25 bits per heavy atom. The van der Waals surface area contributed by atoms with E-state index >= 15 is 0 Å². The van der Waals surface area contributed by atoms with Gasteiger partial charge in [0.15, 0.2) is 15.8 Å². The van der Waals surface area contributed by atoms with Crippen molar-refractivity contribution >= 4 is 45.7 Å². The van der Waals surface area contributed by atoms with Gasteiger partial charge in [-0.15, -0.1) is 24.0 Å². The highest BCUT2D eigenvalue weighted by atomic mass is 127. The molecule has 0 aliphatic carbocycles. The van der Waals surface area contributed by atoms with Crippen LogP contribution in [0.3, 0.4) is 0 Å². The molecule has 0 spiro atoms. The summed E-state index contributed by atoms with van der Waals surface area (Å²) in [6.07, 6.45) is 4.64. The van der Waals surface area contributed by atoms with Gasteiger partial charge in [0.2, 0.25) is 5.91 Å². The van der Waals surface area contributed by atoms with Gasteiger partial charge in [0.05, 0.1) is 17.6 Å². The molecule has 3 unspecified atom stereocenters. The third-order valence-corrected chi connectivity index (χ3v) is 7.97. The highest BCUT2D eigenvalue weighted by Gasteiger charge is 2.36. The summed E-state index contributed by atoms with van der Waals surface area (Å²) in [5.74, 6) is 1.76. The van der Waals surface area contributed by atoms with Crippen LogP contribution in [0.15, 0.2) is 4.99 Å². The van der Waals surface area contributed by atoms with Gasteiger partial charge in [-0.3, -0.25) is 9.79 Å². The van der Waals surface area contributed by atoms with E-state index in [0.717, 1.165) is 58.0 Å². The third kappa shape index (κ3) is 5.29. The number of sulfone groups is 1. The van der Waals surface area contributed by atoms with Crippen molar-refractivity contribution in [1.82, 2.24) is 15.1 Å². The number of guanidine groups is 1. The molecule has 0 saturated carbocycles. The van der Waals surface area contributed by atoms with E-state index in [9.17, 15) is 13.2 Å². The molecule has 4 saturated heterocycles. The molecule has 0 aromatic rings. The van der Waals surface area contributed by atoms with E-state index in [0.29, 0.717) is 19.4 Å². The first-order valence-electron chi connectivity index (χ1n) is 10.1. The Bertz CT molecular complexity index is 696. The van der Waals surface area contributed by atoms with E-state index in [1.54, 1.807) is 0 Å². The molecule has 4 rings (SSSR count). The fraction of sp³-hybridized carbons (Fsp3) is 0.889. The molecule has 0 aromatic carbocycles. The molecule has 160 valence electrons. The first-order chi connectivity index (χ1) is 13.0. The second kappa shape index (κ2) is 9.46. The predicted molar refractivity (Wildman–Crippen MR) is 118 cm³/mol. The lowest BCUT2D eigenvalue weighted by atomic mass is 10.1. The van der Waals surface area contributed by atoms with E-state index in [2.05, 4.69) is 10.2 Å². The largest absolute Gasteiger partial charge is 0.376 e. The molecule has 4 aliphatic heterocycles. The number of carbonyl (C=O) groups excluding carboxylic acids is 1. The summed E-state index contributed by atoms with van der Waals surface area (Å²) in [7, 11) is -2.88. The van der Waals surface area contributed by atoms with Crippen LogP contribution in [-0.2, 0) is 19.4 Å². The number of carbonyl (C=O) groups is 1. The zero-order valence-electron chi connectivity index (χ0n) is 16.2. The number of hydrogen-bond donors (Lipinski definition) is 1. The quantitative estimate of drug-likeness (QED) is 0.326. The Morgan fingerprint density at radius 3 is 2.82 bits per heavy atom. The Kier molecular flexibility index (Phi) is 7.46. The zero-order chi connectivity index (χ0) is 18.9. The highest BCUT2D eigenvalue weighted by molar-refractivity contribution is 14.0. The van der Waals surface area contributed by atoms with E-state index in [4.69, 9.17) is 9.73 Å². The van der Waals surface area contributed by atoms with Crippen molar-refractivity contribution in [3.63, 3.8) is 0 Å². The zero-order valence-corrected chi connectivity index (χ0v) is 19.4. The van der Waals surface area contributed by atoms with Crippen LogP contribution in [0.5, 0.6) is 0 Å². The molecule has 8 nitrogen and oxygen atoms in total. The fourth-order valence-electron chi connectivity index (χ4n) is 4.57. The number of ether oxygens (including phenoxy) is 1. The Labute approximate surface area is 184 Å². The molecule has 4 aliphatic rings. The van der Waals surface area contributed by atoms with Gasteiger partial charge in [0, 0.05) is 51.8 Å². The molecule has 0 radical (unpaired) electrons. The summed E-state index contributed by atoms with van der Waals surface area (Å²) in [6, 6.07) is 0.271. The minimum Gasteiger partial charge on any atom is -0.376 e.